The second kappa shape index (κ2) is 8.90. The number of aryl methyl sites for hydroxylation is 1. The number of carbonyl (C=O) groups is 1. The lowest BCUT2D eigenvalue weighted by Crippen LogP contribution is -2.39. The van der Waals surface area contributed by atoms with Crippen LogP contribution in [0.4, 0.5) is 0 Å². The number of nitrogens with zero attached hydrogens (tertiary/aromatic N) is 3. The van der Waals surface area contributed by atoms with E-state index in [-0.39, 0.29) is 22.6 Å². The van der Waals surface area contributed by atoms with Crippen LogP contribution < -0.4 is 10.9 Å². The minimum atomic E-state index is -0.260. The Labute approximate surface area is 166 Å². The van der Waals surface area contributed by atoms with Crippen LogP contribution in [0.3, 0.4) is 0 Å². The zero-order chi connectivity index (χ0) is 20.3. The highest BCUT2D eigenvalue weighted by molar-refractivity contribution is 6.06. The van der Waals surface area contributed by atoms with Gasteiger partial charge in [0.1, 0.15) is 17.5 Å². The molecule has 1 saturated heterocycles. The molecule has 1 aliphatic heterocycles. The lowest BCUT2D eigenvalue weighted by molar-refractivity contribution is 0.0948. The van der Waals surface area contributed by atoms with Gasteiger partial charge < -0.3 is 14.6 Å². The van der Waals surface area contributed by atoms with Gasteiger partial charge in [-0.05, 0) is 45.6 Å². The summed E-state index contributed by atoms with van der Waals surface area (Å²) in [5.41, 5.74) is 0.328. The molecule has 2 aromatic rings. The number of likely N-dealkylation sites (tertiary alicyclic amines) is 1. The second-order valence-electron chi connectivity index (χ2n) is 8.30. The maximum absolute atomic E-state index is 12.9. The van der Waals surface area contributed by atoms with Crippen molar-refractivity contribution < 1.29 is 9.21 Å². The number of rotatable bonds is 7. The average molecular weight is 389 g/mol. The van der Waals surface area contributed by atoms with Crippen LogP contribution in [0, 0.1) is 12.8 Å². The summed E-state index contributed by atoms with van der Waals surface area (Å²) in [6.45, 7) is 11.3. The zero-order valence-corrected chi connectivity index (χ0v) is 17.5. The highest BCUT2D eigenvalue weighted by Crippen LogP contribution is 2.21. The minimum absolute atomic E-state index is 0.220. The third kappa shape index (κ3) is 4.46. The number of carbonyl (C=O) groups excluding carboxylic acids is 1. The van der Waals surface area contributed by atoms with Crippen molar-refractivity contribution in [3.05, 3.63) is 28.0 Å². The third-order valence-electron chi connectivity index (χ3n) is 5.49. The normalized spacial score (nSPS) is 18.1. The number of piperidine rings is 1. The molecule has 1 atom stereocenters. The second-order valence-corrected chi connectivity index (χ2v) is 8.30. The molecule has 0 radical (unpaired) electrons. The molecule has 0 spiro atoms. The fourth-order valence-corrected chi connectivity index (χ4v) is 4.00. The SMILES string of the molecule is Cc1oc2ncn(CC(C)C)c(=O)c2c1C(=O)NCCCN1CCCC[C@H]1C. The van der Waals surface area contributed by atoms with Crippen LogP contribution in [-0.2, 0) is 6.54 Å². The van der Waals surface area contributed by atoms with Crippen molar-refractivity contribution >= 4 is 17.0 Å². The molecule has 0 aliphatic carbocycles. The molecule has 0 aromatic carbocycles. The highest BCUT2D eigenvalue weighted by atomic mass is 16.3. The molecule has 0 unspecified atom stereocenters. The first-order valence-electron chi connectivity index (χ1n) is 10.4. The van der Waals surface area contributed by atoms with Crippen molar-refractivity contribution in [2.45, 2.75) is 66.0 Å². The Morgan fingerprint density at radius 1 is 1.39 bits per heavy atom. The van der Waals surface area contributed by atoms with Crippen molar-refractivity contribution in [2.75, 3.05) is 19.6 Å². The fourth-order valence-electron chi connectivity index (χ4n) is 4.00. The predicted octanol–water partition coefficient (Wildman–Crippen LogP) is 2.95. The summed E-state index contributed by atoms with van der Waals surface area (Å²) < 4.78 is 7.14. The predicted molar refractivity (Wildman–Crippen MR) is 110 cm³/mol. The number of furan rings is 1. The van der Waals surface area contributed by atoms with Crippen molar-refractivity contribution in [3.8, 4) is 0 Å². The maximum Gasteiger partial charge on any atom is 0.265 e. The smallest absolute Gasteiger partial charge is 0.265 e. The van der Waals surface area contributed by atoms with E-state index in [1.807, 2.05) is 13.8 Å². The summed E-state index contributed by atoms with van der Waals surface area (Å²) in [5.74, 6) is 0.479. The molecule has 2 aromatic heterocycles. The number of hydrogen-bond donors (Lipinski definition) is 1. The molecule has 28 heavy (non-hydrogen) atoms. The first kappa shape index (κ1) is 20.6. The number of nitrogens with one attached hydrogen (secondary N) is 1. The van der Waals surface area contributed by atoms with Gasteiger partial charge in [0.15, 0.2) is 0 Å². The van der Waals surface area contributed by atoms with Gasteiger partial charge in [0, 0.05) is 25.7 Å². The molecular formula is C21H32N4O3. The average Bonchev–Trinajstić information content (AvgIpc) is 2.99. The largest absolute Gasteiger partial charge is 0.442 e. The van der Waals surface area contributed by atoms with Crippen molar-refractivity contribution in [2.24, 2.45) is 5.92 Å². The maximum atomic E-state index is 12.9. The van der Waals surface area contributed by atoms with Crippen LogP contribution in [0.2, 0.25) is 0 Å². The van der Waals surface area contributed by atoms with Gasteiger partial charge in [0.2, 0.25) is 5.71 Å². The summed E-state index contributed by atoms with van der Waals surface area (Å²) >= 11 is 0. The van der Waals surface area contributed by atoms with Crippen LogP contribution in [0.5, 0.6) is 0 Å². The Balaban J connectivity index is 1.69. The summed E-state index contributed by atoms with van der Waals surface area (Å²) in [6, 6.07) is 0.620. The first-order valence-corrected chi connectivity index (χ1v) is 10.4. The van der Waals surface area contributed by atoms with Gasteiger partial charge in [-0.25, -0.2) is 4.98 Å². The van der Waals surface area contributed by atoms with E-state index in [4.69, 9.17) is 4.42 Å². The molecule has 3 rings (SSSR count). The highest BCUT2D eigenvalue weighted by Gasteiger charge is 2.23. The van der Waals surface area contributed by atoms with Crippen molar-refractivity contribution in [1.29, 1.82) is 0 Å². The van der Waals surface area contributed by atoms with Gasteiger partial charge in [0.05, 0.1) is 5.56 Å². The third-order valence-corrected chi connectivity index (χ3v) is 5.49. The summed E-state index contributed by atoms with van der Waals surface area (Å²) in [4.78, 5) is 32.4. The summed E-state index contributed by atoms with van der Waals surface area (Å²) in [6.07, 6.45) is 6.20. The van der Waals surface area contributed by atoms with Gasteiger partial charge in [-0.2, -0.15) is 0 Å². The Hall–Kier alpha value is -2.15. The molecular weight excluding hydrogens is 356 g/mol. The van der Waals surface area contributed by atoms with Crippen LogP contribution in [0.15, 0.2) is 15.5 Å². The molecule has 1 N–H and O–H groups in total. The molecule has 0 bridgehead atoms. The Morgan fingerprint density at radius 2 is 2.18 bits per heavy atom. The van der Waals surface area contributed by atoms with E-state index in [1.165, 1.54) is 25.6 Å². The number of amides is 1. The molecule has 0 saturated carbocycles. The Kier molecular flexibility index (Phi) is 6.54. The molecule has 7 heteroatoms. The van der Waals surface area contributed by atoms with E-state index in [1.54, 1.807) is 11.5 Å². The zero-order valence-electron chi connectivity index (χ0n) is 17.5. The summed E-state index contributed by atoms with van der Waals surface area (Å²) in [5, 5.41) is 3.24. The molecule has 154 valence electrons. The molecule has 7 nitrogen and oxygen atoms in total. The number of hydrogen-bond acceptors (Lipinski definition) is 5. The van der Waals surface area contributed by atoms with Gasteiger partial charge in [-0.3, -0.25) is 14.2 Å². The molecule has 1 amide bonds. The van der Waals surface area contributed by atoms with Crippen LogP contribution >= 0.6 is 0 Å². The van der Waals surface area contributed by atoms with Crippen molar-refractivity contribution in [3.63, 3.8) is 0 Å². The number of aromatic nitrogens is 2. The lowest BCUT2D eigenvalue weighted by atomic mass is 10.0. The van der Waals surface area contributed by atoms with Crippen molar-refractivity contribution in [1.82, 2.24) is 19.8 Å². The van der Waals surface area contributed by atoms with E-state index in [0.717, 1.165) is 19.5 Å². The number of fused-ring (bicyclic) bond motifs is 1. The van der Waals surface area contributed by atoms with E-state index in [9.17, 15) is 9.59 Å². The van der Waals surface area contributed by atoms with Gasteiger partial charge in [-0.1, -0.05) is 20.3 Å². The lowest BCUT2D eigenvalue weighted by Gasteiger charge is -2.33. The molecule has 1 fully saturated rings. The van der Waals surface area contributed by atoms with E-state index >= 15 is 0 Å². The quantitative estimate of drug-likeness (QED) is 0.738. The topological polar surface area (TPSA) is 80.4 Å². The van der Waals surface area contributed by atoms with Crippen LogP contribution in [-0.4, -0.2) is 46.0 Å². The van der Waals surface area contributed by atoms with Crippen LogP contribution in [0.1, 0.15) is 62.6 Å². The molecule has 1 aliphatic rings. The Bertz CT molecular complexity index is 884. The van der Waals surface area contributed by atoms with E-state index in [0.29, 0.717) is 36.4 Å². The molecule has 3 heterocycles. The fraction of sp³-hybridized carbons (Fsp3) is 0.667. The monoisotopic (exact) mass is 388 g/mol. The van der Waals surface area contributed by atoms with Crippen LogP contribution in [0.25, 0.3) is 11.1 Å². The first-order chi connectivity index (χ1) is 13.4. The Morgan fingerprint density at radius 3 is 2.89 bits per heavy atom. The van der Waals surface area contributed by atoms with E-state index < -0.39 is 0 Å². The standard InChI is InChI=1S/C21H32N4O3/c1-14(2)12-25-13-23-20-18(21(25)27)17(16(4)28-20)19(26)22-9-7-11-24-10-6-5-8-15(24)3/h13-15H,5-12H2,1-4H3,(H,22,26)/t15-/m1/s1. The van der Waals surface area contributed by atoms with Gasteiger partial charge in [-0.15, -0.1) is 0 Å². The minimum Gasteiger partial charge on any atom is -0.442 e. The van der Waals surface area contributed by atoms with E-state index in [2.05, 4.69) is 22.1 Å². The van der Waals surface area contributed by atoms with Gasteiger partial charge >= 0.3 is 0 Å². The van der Waals surface area contributed by atoms with Gasteiger partial charge in [0.25, 0.3) is 11.5 Å². The summed E-state index contributed by atoms with van der Waals surface area (Å²) in [7, 11) is 0.